The van der Waals surface area contributed by atoms with Crippen LogP contribution in [0, 0.1) is 0 Å². The molecule has 1 atom stereocenters. The molecule has 1 rings (SSSR count). The first-order valence-corrected chi connectivity index (χ1v) is 7.52. The Labute approximate surface area is 127 Å². The number of hydrogen-bond donors (Lipinski definition) is 1. The van der Waals surface area contributed by atoms with E-state index >= 15 is 0 Å². The number of benzene rings is 1. The third-order valence-corrected chi connectivity index (χ3v) is 2.97. The Morgan fingerprint density at radius 3 is 2.60 bits per heavy atom. The normalized spacial score (nSPS) is 13.4. The number of rotatable bonds is 8. The SMILES string of the molecule is CCNCC(OCCOC(C)(C)C)c1cccc(Cl)c1. The summed E-state index contributed by atoms with van der Waals surface area (Å²) in [7, 11) is 0. The van der Waals surface area contributed by atoms with Gasteiger partial charge in [-0.2, -0.15) is 0 Å². The van der Waals surface area contributed by atoms with Crippen LogP contribution in [0.1, 0.15) is 39.4 Å². The Bertz CT molecular complexity index is 390. The van der Waals surface area contributed by atoms with E-state index in [2.05, 4.69) is 12.2 Å². The molecule has 0 aliphatic carbocycles. The van der Waals surface area contributed by atoms with Crippen LogP contribution in [-0.2, 0) is 9.47 Å². The highest BCUT2D eigenvalue weighted by molar-refractivity contribution is 6.30. The third kappa shape index (κ3) is 7.25. The lowest BCUT2D eigenvalue weighted by atomic mass is 10.1. The van der Waals surface area contributed by atoms with Gasteiger partial charge in [0.15, 0.2) is 0 Å². The van der Waals surface area contributed by atoms with E-state index in [0.717, 1.165) is 23.7 Å². The maximum atomic E-state index is 6.04. The molecule has 0 fully saturated rings. The number of nitrogens with one attached hydrogen (secondary N) is 1. The summed E-state index contributed by atoms with van der Waals surface area (Å²) < 4.78 is 11.6. The van der Waals surface area contributed by atoms with E-state index < -0.39 is 0 Å². The first-order valence-electron chi connectivity index (χ1n) is 7.14. The van der Waals surface area contributed by atoms with Crippen molar-refractivity contribution in [2.45, 2.75) is 39.4 Å². The third-order valence-electron chi connectivity index (χ3n) is 2.74. The molecule has 0 aliphatic rings. The van der Waals surface area contributed by atoms with Crippen LogP contribution in [0.15, 0.2) is 24.3 Å². The van der Waals surface area contributed by atoms with E-state index in [0.29, 0.717) is 13.2 Å². The molecule has 0 radical (unpaired) electrons. The highest BCUT2D eigenvalue weighted by Crippen LogP contribution is 2.20. The van der Waals surface area contributed by atoms with Crippen molar-refractivity contribution in [1.82, 2.24) is 5.32 Å². The van der Waals surface area contributed by atoms with Gasteiger partial charge in [0, 0.05) is 11.6 Å². The number of likely N-dealkylation sites (N-methyl/N-ethyl adjacent to an activating group) is 1. The Kier molecular flexibility index (Phi) is 7.52. The van der Waals surface area contributed by atoms with Crippen LogP contribution >= 0.6 is 11.6 Å². The Hall–Kier alpha value is -0.610. The lowest BCUT2D eigenvalue weighted by Gasteiger charge is -2.22. The molecular weight excluding hydrogens is 274 g/mol. The molecule has 0 aromatic heterocycles. The minimum absolute atomic E-state index is 0.00258. The summed E-state index contributed by atoms with van der Waals surface area (Å²) in [5, 5.41) is 4.05. The molecule has 1 N–H and O–H groups in total. The van der Waals surface area contributed by atoms with Crippen LogP contribution in [0.3, 0.4) is 0 Å². The van der Waals surface area contributed by atoms with Gasteiger partial charge < -0.3 is 14.8 Å². The summed E-state index contributed by atoms with van der Waals surface area (Å²) in [5.41, 5.74) is 0.963. The second-order valence-corrected chi connectivity index (χ2v) is 6.12. The average molecular weight is 300 g/mol. The quantitative estimate of drug-likeness (QED) is 0.740. The molecule has 0 saturated heterocycles. The Morgan fingerprint density at radius 2 is 2.00 bits per heavy atom. The second-order valence-electron chi connectivity index (χ2n) is 5.68. The predicted molar refractivity (Wildman–Crippen MR) is 84.4 cm³/mol. The van der Waals surface area contributed by atoms with Crippen molar-refractivity contribution >= 4 is 11.6 Å². The van der Waals surface area contributed by atoms with E-state index in [-0.39, 0.29) is 11.7 Å². The summed E-state index contributed by atoms with van der Waals surface area (Å²) in [6.07, 6.45) is -0.00258. The van der Waals surface area contributed by atoms with Crippen molar-refractivity contribution in [2.24, 2.45) is 0 Å². The monoisotopic (exact) mass is 299 g/mol. The molecule has 1 aromatic carbocycles. The Balaban J connectivity index is 2.52. The largest absolute Gasteiger partial charge is 0.373 e. The van der Waals surface area contributed by atoms with Gasteiger partial charge in [0.05, 0.1) is 24.9 Å². The molecule has 0 aliphatic heterocycles. The molecule has 0 spiro atoms. The zero-order valence-corrected chi connectivity index (χ0v) is 13.7. The zero-order valence-electron chi connectivity index (χ0n) is 12.9. The van der Waals surface area contributed by atoms with Crippen molar-refractivity contribution in [3.05, 3.63) is 34.9 Å². The molecule has 1 unspecified atom stereocenters. The molecule has 3 nitrogen and oxygen atoms in total. The van der Waals surface area contributed by atoms with Crippen LogP contribution in [0.5, 0.6) is 0 Å². The molecule has 0 amide bonds. The fourth-order valence-electron chi connectivity index (χ4n) is 1.79. The molecular formula is C16H26ClNO2. The molecule has 20 heavy (non-hydrogen) atoms. The van der Waals surface area contributed by atoms with E-state index in [1.165, 1.54) is 0 Å². The van der Waals surface area contributed by atoms with Crippen molar-refractivity contribution in [3.8, 4) is 0 Å². The van der Waals surface area contributed by atoms with Gasteiger partial charge in [-0.1, -0.05) is 30.7 Å². The van der Waals surface area contributed by atoms with E-state index in [1.807, 2.05) is 45.0 Å². The summed E-state index contributed by atoms with van der Waals surface area (Å²) in [6.45, 7) is 11.1. The number of hydrogen-bond acceptors (Lipinski definition) is 3. The van der Waals surface area contributed by atoms with Crippen LogP contribution in [0.4, 0.5) is 0 Å². The lowest BCUT2D eigenvalue weighted by molar-refractivity contribution is -0.0518. The fraction of sp³-hybridized carbons (Fsp3) is 0.625. The van der Waals surface area contributed by atoms with Crippen LogP contribution < -0.4 is 5.32 Å². The van der Waals surface area contributed by atoms with Gasteiger partial charge in [-0.25, -0.2) is 0 Å². The zero-order chi connectivity index (χ0) is 15.0. The van der Waals surface area contributed by atoms with E-state index in [4.69, 9.17) is 21.1 Å². The van der Waals surface area contributed by atoms with E-state index in [9.17, 15) is 0 Å². The van der Waals surface area contributed by atoms with Crippen molar-refractivity contribution in [2.75, 3.05) is 26.3 Å². The number of ether oxygens (including phenoxy) is 2. The maximum Gasteiger partial charge on any atom is 0.0950 e. The first-order chi connectivity index (χ1) is 9.42. The topological polar surface area (TPSA) is 30.5 Å². The molecule has 0 saturated carbocycles. The number of halogens is 1. The summed E-state index contributed by atoms with van der Waals surface area (Å²) in [5.74, 6) is 0. The highest BCUT2D eigenvalue weighted by atomic mass is 35.5. The lowest BCUT2D eigenvalue weighted by Crippen LogP contribution is -2.26. The van der Waals surface area contributed by atoms with E-state index in [1.54, 1.807) is 0 Å². The summed E-state index contributed by atoms with van der Waals surface area (Å²) in [4.78, 5) is 0. The standard InChI is InChI=1S/C16H26ClNO2/c1-5-18-12-15(13-7-6-8-14(17)11-13)19-9-10-20-16(2,3)4/h6-8,11,15,18H,5,9-10,12H2,1-4H3. The Morgan fingerprint density at radius 1 is 1.25 bits per heavy atom. The summed E-state index contributed by atoms with van der Waals surface area (Å²) in [6, 6.07) is 7.82. The molecule has 4 heteroatoms. The second kappa shape index (κ2) is 8.63. The summed E-state index contributed by atoms with van der Waals surface area (Å²) >= 11 is 6.04. The highest BCUT2D eigenvalue weighted by Gasteiger charge is 2.14. The van der Waals surface area contributed by atoms with Crippen molar-refractivity contribution in [1.29, 1.82) is 0 Å². The molecule has 0 heterocycles. The smallest absolute Gasteiger partial charge is 0.0950 e. The predicted octanol–water partition coefficient (Wildman–Crippen LogP) is 3.82. The maximum absolute atomic E-state index is 6.04. The van der Waals surface area contributed by atoms with Crippen molar-refractivity contribution in [3.63, 3.8) is 0 Å². The van der Waals surface area contributed by atoms with Gasteiger partial charge >= 0.3 is 0 Å². The molecule has 1 aromatic rings. The fourth-order valence-corrected chi connectivity index (χ4v) is 1.99. The average Bonchev–Trinajstić information content (AvgIpc) is 2.36. The van der Waals surface area contributed by atoms with Gasteiger partial charge in [-0.15, -0.1) is 0 Å². The minimum Gasteiger partial charge on any atom is -0.373 e. The van der Waals surface area contributed by atoms with Crippen LogP contribution in [0.2, 0.25) is 5.02 Å². The molecule has 114 valence electrons. The molecule has 0 bridgehead atoms. The van der Waals surface area contributed by atoms with Crippen molar-refractivity contribution < 1.29 is 9.47 Å². The minimum atomic E-state index is -0.128. The van der Waals surface area contributed by atoms with Gasteiger partial charge in [0.1, 0.15) is 0 Å². The van der Waals surface area contributed by atoms with Gasteiger partial charge in [-0.05, 0) is 45.0 Å². The van der Waals surface area contributed by atoms with Gasteiger partial charge in [0.25, 0.3) is 0 Å². The van der Waals surface area contributed by atoms with Crippen LogP contribution in [-0.4, -0.2) is 31.9 Å². The van der Waals surface area contributed by atoms with Gasteiger partial charge in [0.2, 0.25) is 0 Å². The first kappa shape index (κ1) is 17.4. The van der Waals surface area contributed by atoms with Crippen LogP contribution in [0.25, 0.3) is 0 Å². The van der Waals surface area contributed by atoms with Gasteiger partial charge in [-0.3, -0.25) is 0 Å².